The first-order chi connectivity index (χ1) is 9.58. The number of unbranched alkanes of at least 4 members (excludes halogenated alkanes) is 1. The van der Waals surface area contributed by atoms with Gasteiger partial charge < -0.3 is 19.1 Å². The molecule has 0 heterocycles. The van der Waals surface area contributed by atoms with Gasteiger partial charge in [0.25, 0.3) is 5.91 Å². The molecule has 1 aromatic rings. The van der Waals surface area contributed by atoms with Crippen molar-refractivity contribution in [3.8, 4) is 17.2 Å². The Bertz CT molecular complexity index is 434. The third kappa shape index (κ3) is 3.56. The molecule has 0 unspecified atom stereocenters. The van der Waals surface area contributed by atoms with Crippen LogP contribution in [0.1, 0.15) is 30.1 Å². The van der Waals surface area contributed by atoms with Crippen molar-refractivity contribution in [1.82, 2.24) is 4.90 Å². The van der Waals surface area contributed by atoms with Crippen LogP contribution in [0.4, 0.5) is 0 Å². The molecule has 0 fully saturated rings. The summed E-state index contributed by atoms with van der Waals surface area (Å²) in [7, 11) is 6.39. The highest BCUT2D eigenvalue weighted by Crippen LogP contribution is 2.34. The Morgan fingerprint density at radius 3 is 2.05 bits per heavy atom. The van der Waals surface area contributed by atoms with E-state index in [-0.39, 0.29) is 5.91 Å². The van der Waals surface area contributed by atoms with Gasteiger partial charge in [-0.05, 0) is 6.42 Å². The molecule has 0 saturated heterocycles. The highest BCUT2D eigenvalue weighted by Gasteiger charge is 2.22. The molecule has 0 aliphatic rings. The van der Waals surface area contributed by atoms with Crippen molar-refractivity contribution < 1.29 is 19.0 Å². The molecule has 0 bridgehead atoms. The Hall–Kier alpha value is -1.91. The molecule has 0 aliphatic heterocycles. The van der Waals surface area contributed by atoms with Gasteiger partial charge in [-0.3, -0.25) is 4.79 Å². The van der Waals surface area contributed by atoms with E-state index in [9.17, 15) is 4.79 Å². The fourth-order valence-corrected chi connectivity index (χ4v) is 1.90. The molecule has 0 aromatic heterocycles. The van der Waals surface area contributed by atoms with E-state index >= 15 is 0 Å². The summed E-state index contributed by atoms with van der Waals surface area (Å²) in [6.07, 6.45) is 2.00. The van der Waals surface area contributed by atoms with Crippen LogP contribution < -0.4 is 14.2 Å². The van der Waals surface area contributed by atoms with Crippen molar-refractivity contribution in [3.05, 3.63) is 17.7 Å². The maximum Gasteiger partial charge on any atom is 0.261 e. The predicted molar refractivity (Wildman–Crippen MR) is 78.0 cm³/mol. The van der Waals surface area contributed by atoms with Crippen LogP contribution in [0.15, 0.2) is 12.1 Å². The Kier molecular flexibility index (Phi) is 6.15. The van der Waals surface area contributed by atoms with Crippen molar-refractivity contribution in [2.45, 2.75) is 19.8 Å². The molecule has 5 heteroatoms. The Morgan fingerprint density at radius 1 is 1.10 bits per heavy atom. The standard InChI is InChI=1S/C15H23NO4/c1-6-7-8-16(2)15(17)14-12(19-4)9-11(18-3)10-13(14)20-5/h9-10H,6-8H2,1-5H3. The molecule has 0 saturated carbocycles. The lowest BCUT2D eigenvalue weighted by Gasteiger charge is -2.20. The zero-order chi connectivity index (χ0) is 15.1. The highest BCUT2D eigenvalue weighted by molar-refractivity contribution is 6.00. The van der Waals surface area contributed by atoms with Gasteiger partial charge in [-0.25, -0.2) is 0 Å². The number of ether oxygens (including phenoxy) is 3. The summed E-state index contributed by atoms with van der Waals surface area (Å²) in [5, 5.41) is 0. The minimum Gasteiger partial charge on any atom is -0.496 e. The molecule has 5 nitrogen and oxygen atoms in total. The van der Waals surface area contributed by atoms with E-state index in [4.69, 9.17) is 14.2 Å². The molecular weight excluding hydrogens is 258 g/mol. The second-order valence-electron chi connectivity index (χ2n) is 4.49. The van der Waals surface area contributed by atoms with Gasteiger partial charge in [-0.1, -0.05) is 13.3 Å². The molecule has 0 aliphatic carbocycles. The smallest absolute Gasteiger partial charge is 0.261 e. The second kappa shape index (κ2) is 7.62. The van der Waals surface area contributed by atoms with Crippen LogP contribution >= 0.6 is 0 Å². The summed E-state index contributed by atoms with van der Waals surface area (Å²) in [4.78, 5) is 14.2. The number of carbonyl (C=O) groups is 1. The number of hydrogen-bond acceptors (Lipinski definition) is 4. The van der Waals surface area contributed by atoms with E-state index in [0.717, 1.165) is 12.8 Å². The molecule has 20 heavy (non-hydrogen) atoms. The van der Waals surface area contributed by atoms with Crippen molar-refractivity contribution in [1.29, 1.82) is 0 Å². The molecule has 1 amide bonds. The summed E-state index contributed by atoms with van der Waals surface area (Å²) in [5.74, 6) is 1.38. The zero-order valence-electron chi connectivity index (χ0n) is 12.9. The van der Waals surface area contributed by atoms with Gasteiger partial charge >= 0.3 is 0 Å². The average molecular weight is 281 g/mol. The van der Waals surface area contributed by atoms with Crippen LogP contribution in [0, 0.1) is 0 Å². The molecule has 0 atom stereocenters. The topological polar surface area (TPSA) is 48.0 Å². The number of nitrogens with zero attached hydrogens (tertiary/aromatic N) is 1. The van der Waals surface area contributed by atoms with Gasteiger partial charge in [0.05, 0.1) is 21.3 Å². The van der Waals surface area contributed by atoms with Crippen LogP contribution in [0.25, 0.3) is 0 Å². The minimum atomic E-state index is -0.116. The van der Waals surface area contributed by atoms with E-state index in [1.807, 2.05) is 0 Å². The van der Waals surface area contributed by atoms with Gasteiger partial charge in [0.2, 0.25) is 0 Å². The number of carbonyl (C=O) groups excluding carboxylic acids is 1. The van der Waals surface area contributed by atoms with Crippen LogP contribution in [-0.2, 0) is 0 Å². The Morgan fingerprint density at radius 2 is 1.65 bits per heavy atom. The fourth-order valence-electron chi connectivity index (χ4n) is 1.90. The number of benzene rings is 1. The first kappa shape index (κ1) is 16.1. The van der Waals surface area contributed by atoms with Gasteiger partial charge in [0.1, 0.15) is 22.8 Å². The molecule has 1 aromatic carbocycles. The van der Waals surface area contributed by atoms with Gasteiger partial charge in [0, 0.05) is 25.7 Å². The van der Waals surface area contributed by atoms with Crippen LogP contribution in [-0.4, -0.2) is 45.7 Å². The van der Waals surface area contributed by atoms with Crippen molar-refractivity contribution >= 4 is 5.91 Å². The molecule has 112 valence electrons. The fraction of sp³-hybridized carbons (Fsp3) is 0.533. The summed E-state index contributed by atoms with van der Waals surface area (Å²) in [6, 6.07) is 3.37. The largest absolute Gasteiger partial charge is 0.496 e. The molecular formula is C15H23NO4. The van der Waals surface area contributed by atoms with Crippen molar-refractivity contribution in [2.75, 3.05) is 34.9 Å². The van der Waals surface area contributed by atoms with Gasteiger partial charge in [-0.2, -0.15) is 0 Å². The molecule has 0 radical (unpaired) electrons. The van der Waals surface area contributed by atoms with E-state index in [1.54, 1.807) is 31.2 Å². The lowest BCUT2D eigenvalue weighted by molar-refractivity contribution is 0.0786. The SMILES string of the molecule is CCCCN(C)C(=O)c1c(OC)cc(OC)cc1OC. The predicted octanol–water partition coefficient (Wildman–Crippen LogP) is 2.58. The number of rotatable bonds is 7. The maximum absolute atomic E-state index is 12.5. The number of methoxy groups -OCH3 is 3. The summed E-state index contributed by atoms with van der Waals surface area (Å²) in [6.45, 7) is 2.79. The third-order valence-corrected chi connectivity index (χ3v) is 3.12. The highest BCUT2D eigenvalue weighted by atomic mass is 16.5. The van der Waals surface area contributed by atoms with Crippen LogP contribution in [0.3, 0.4) is 0 Å². The second-order valence-corrected chi connectivity index (χ2v) is 4.49. The molecule has 1 rings (SSSR count). The number of amides is 1. The Balaban J connectivity index is 3.17. The molecule has 0 N–H and O–H groups in total. The van der Waals surface area contributed by atoms with E-state index in [2.05, 4.69) is 6.92 Å². The van der Waals surface area contributed by atoms with Crippen LogP contribution in [0.2, 0.25) is 0 Å². The van der Waals surface area contributed by atoms with Gasteiger partial charge in [0.15, 0.2) is 0 Å². The summed E-state index contributed by atoms with van der Waals surface area (Å²) in [5.41, 5.74) is 0.425. The van der Waals surface area contributed by atoms with Crippen LogP contribution in [0.5, 0.6) is 17.2 Å². The van der Waals surface area contributed by atoms with E-state index < -0.39 is 0 Å². The lowest BCUT2D eigenvalue weighted by Crippen LogP contribution is -2.28. The van der Waals surface area contributed by atoms with E-state index in [0.29, 0.717) is 29.4 Å². The Labute approximate surface area is 120 Å². The lowest BCUT2D eigenvalue weighted by atomic mass is 10.1. The average Bonchev–Trinajstić information content (AvgIpc) is 2.50. The summed E-state index contributed by atoms with van der Waals surface area (Å²) >= 11 is 0. The monoisotopic (exact) mass is 281 g/mol. The first-order valence-electron chi connectivity index (χ1n) is 6.64. The summed E-state index contributed by atoms with van der Waals surface area (Å²) < 4.78 is 15.8. The maximum atomic E-state index is 12.5. The first-order valence-corrected chi connectivity index (χ1v) is 6.64. The molecule has 0 spiro atoms. The van der Waals surface area contributed by atoms with E-state index in [1.165, 1.54) is 14.2 Å². The normalized spacial score (nSPS) is 10.1. The quantitative estimate of drug-likeness (QED) is 0.770. The van der Waals surface area contributed by atoms with Crippen molar-refractivity contribution in [3.63, 3.8) is 0 Å². The number of hydrogen-bond donors (Lipinski definition) is 0. The minimum absolute atomic E-state index is 0.116. The zero-order valence-corrected chi connectivity index (χ0v) is 12.9. The third-order valence-electron chi connectivity index (χ3n) is 3.12. The van der Waals surface area contributed by atoms with Crippen molar-refractivity contribution in [2.24, 2.45) is 0 Å². The van der Waals surface area contributed by atoms with Gasteiger partial charge in [-0.15, -0.1) is 0 Å².